The van der Waals surface area contributed by atoms with Crippen molar-refractivity contribution >= 4 is 46.3 Å². The Kier molecular flexibility index (Phi) is 6.69. The molecule has 184 valence electrons. The van der Waals surface area contributed by atoms with Gasteiger partial charge in [0.15, 0.2) is 0 Å². The van der Waals surface area contributed by atoms with Gasteiger partial charge in [-0.25, -0.2) is 5.43 Å². The number of benzene rings is 2. The summed E-state index contributed by atoms with van der Waals surface area (Å²) in [4.78, 5) is 29.8. The maximum absolute atomic E-state index is 11.0. The molecular formula is C25H27N9O2. The van der Waals surface area contributed by atoms with Gasteiger partial charge < -0.3 is 15.2 Å². The van der Waals surface area contributed by atoms with Crippen molar-refractivity contribution in [2.24, 2.45) is 5.10 Å². The highest BCUT2D eigenvalue weighted by Crippen LogP contribution is 2.23. The maximum atomic E-state index is 11.0. The molecule has 11 nitrogen and oxygen atoms in total. The van der Waals surface area contributed by atoms with Crippen LogP contribution < -0.4 is 15.6 Å². The highest BCUT2D eigenvalue weighted by atomic mass is 16.6. The van der Waals surface area contributed by atoms with E-state index in [1.54, 1.807) is 18.3 Å². The summed E-state index contributed by atoms with van der Waals surface area (Å²) in [5, 5.41) is 19.6. The molecule has 1 aliphatic heterocycles. The van der Waals surface area contributed by atoms with Crippen LogP contribution in [0.15, 0.2) is 53.6 Å². The van der Waals surface area contributed by atoms with Crippen molar-refractivity contribution in [2.45, 2.75) is 32.6 Å². The van der Waals surface area contributed by atoms with E-state index in [2.05, 4.69) is 40.7 Å². The summed E-state index contributed by atoms with van der Waals surface area (Å²) in [5.41, 5.74) is 6.67. The van der Waals surface area contributed by atoms with E-state index in [0.29, 0.717) is 23.5 Å². The van der Waals surface area contributed by atoms with E-state index in [0.717, 1.165) is 48.1 Å². The summed E-state index contributed by atoms with van der Waals surface area (Å²) in [6.07, 6.45) is 6.30. The van der Waals surface area contributed by atoms with Gasteiger partial charge in [-0.3, -0.25) is 10.1 Å². The summed E-state index contributed by atoms with van der Waals surface area (Å²) < 4.78 is 0. The van der Waals surface area contributed by atoms with E-state index < -0.39 is 4.92 Å². The standard InChI is InChI=1S/C25H27N9O2/c1-17-21(20-8-4-5-9-22(20)27-17)16-26-32-24-29-23(28-18-10-12-19(13-11-18)34(35)36)30-25(31-24)33-14-6-2-3-7-15-33/h4-5,8-13,16,27H,2-3,6-7,14-15H2,1H3,(H2,28,29,30,31,32)/b26-16-. The monoisotopic (exact) mass is 485 g/mol. The Morgan fingerprint density at radius 2 is 1.72 bits per heavy atom. The number of para-hydroxylation sites is 1. The largest absolute Gasteiger partial charge is 0.358 e. The van der Waals surface area contributed by atoms with E-state index in [-0.39, 0.29) is 5.69 Å². The number of aryl methyl sites for hydroxylation is 1. The average molecular weight is 486 g/mol. The third kappa shape index (κ3) is 5.24. The van der Waals surface area contributed by atoms with Crippen LogP contribution >= 0.6 is 0 Å². The number of nitro benzene ring substituents is 1. The lowest BCUT2D eigenvalue weighted by Crippen LogP contribution is -2.26. The number of hydrazone groups is 1. The van der Waals surface area contributed by atoms with Crippen molar-refractivity contribution in [3.63, 3.8) is 0 Å². The number of hydrogen-bond donors (Lipinski definition) is 3. The van der Waals surface area contributed by atoms with Crippen molar-refractivity contribution in [1.29, 1.82) is 0 Å². The summed E-state index contributed by atoms with van der Waals surface area (Å²) in [7, 11) is 0. The fourth-order valence-corrected chi connectivity index (χ4v) is 4.30. The first kappa shape index (κ1) is 23.2. The van der Waals surface area contributed by atoms with Gasteiger partial charge in [0.1, 0.15) is 0 Å². The molecule has 1 saturated heterocycles. The van der Waals surface area contributed by atoms with Gasteiger partial charge in [0.05, 0.1) is 11.1 Å². The first-order valence-corrected chi connectivity index (χ1v) is 12.0. The summed E-state index contributed by atoms with van der Waals surface area (Å²) in [6.45, 7) is 3.75. The van der Waals surface area contributed by atoms with Crippen LogP contribution in [0.2, 0.25) is 0 Å². The molecule has 0 unspecified atom stereocenters. The minimum absolute atomic E-state index is 0.0192. The van der Waals surface area contributed by atoms with E-state index in [1.807, 2.05) is 31.2 Å². The van der Waals surface area contributed by atoms with Crippen molar-refractivity contribution in [1.82, 2.24) is 19.9 Å². The molecule has 3 N–H and O–H groups in total. The molecule has 0 amide bonds. The highest BCUT2D eigenvalue weighted by Gasteiger charge is 2.16. The highest BCUT2D eigenvalue weighted by molar-refractivity contribution is 6.00. The van der Waals surface area contributed by atoms with Gasteiger partial charge >= 0.3 is 0 Å². The molecule has 3 heterocycles. The Bertz CT molecular complexity index is 1390. The number of nitro groups is 1. The normalized spacial score (nSPS) is 14.2. The zero-order chi connectivity index (χ0) is 24.9. The molecule has 0 aliphatic carbocycles. The van der Waals surface area contributed by atoms with Gasteiger partial charge in [0, 0.05) is 53.1 Å². The van der Waals surface area contributed by atoms with Crippen LogP contribution in [0.1, 0.15) is 36.9 Å². The Balaban J connectivity index is 1.41. The average Bonchev–Trinajstić information content (AvgIpc) is 3.03. The molecule has 5 rings (SSSR count). The minimum Gasteiger partial charge on any atom is -0.358 e. The smallest absolute Gasteiger partial charge is 0.269 e. The molecule has 2 aromatic carbocycles. The molecule has 0 saturated carbocycles. The topological polar surface area (TPSA) is 137 Å². The molecule has 0 spiro atoms. The second-order valence-corrected chi connectivity index (χ2v) is 8.69. The van der Waals surface area contributed by atoms with Crippen LogP contribution in [0.3, 0.4) is 0 Å². The lowest BCUT2D eigenvalue weighted by molar-refractivity contribution is -0.384. The molecule has 36 heavy (non-hydrogen) atoms. The minimum atomic E-state index is -0.431. The van der Waals surface area contributed by atoms with Crippen molar-refractivity contribution in [2.75, 3.05) is 28.7 Å². The van der Waals surface area contributed by atoms with E-state index in [9.17, 15) is 10.1 Å². The van der Waals surface area contributed by atoms with E-state index in [4.69, 9.17) is 0 Å². The van der Waals surface area contributed by atoms with Crippen molar-refractivity contribution in [3.8, 4) is 0 Å². The summed E-state index contributed by atoms with van der Waals surface area (Å²) in [6, 6.07) is 14.2. The predicted octanol–water partition coefficient (Wildman–Crippen LogP) is 5.14. The molecule has 2 aromatic heterocycles. The zero-order valence-corrected chi connectivity index (χ0v) is 19.9. The third-order valence-corrected chi connectivity index (χ3v) is 6.15. The molecule has 4 aromatic rings. The van der Waals surface area contributed by atoms with E-state index >= 15 is 0 Å². The molecule has 1 aliphatic rings. The Morgan fingerprint density at radius 3 is 2.47 bits per heavy atom. The quantitative estimate of drug-likeness (QED) is 0.186. The lowest BCUT2D eigenvalue weighted by atomic mass is 10.1. The number of nitrogens with one attached hydrogen (secondary N) is 3. The summed E-state index contributed by atoms with van der Waals surface area (Å²) in [5.74, 6) is 1.21. The molecule has 1 fully saturated rings. The van der Waals surface area contributed by atoms with E-state index in [1.165, 1.54) is 25.0 Å². The molecular weight excluding hydrogens is 458 g/mol. The van der Waals surface area contributed by atoms with Crippen LogP contribution in [-0.2, 0) is 0 Å². The number of nitrogens with zero attached hydrogens (tertiary/aromatic N) is 6. The second-order valence-electron chi connectivity index (χ2n) is 8.69. The van der Waals surface area contributed by atoms with Crippen molar-refractivity contribution < 1.29 is 4.92 Å². The lowest BCUT2D eigenvalue weighted by Gasteiger charge is -2.21. The molecule has 0 atom stereocenters. The number of fused-ring (bicyclic) bond motifs is 1. The Labute approximate surface area is 207 Å². The molecule has 0 radical (unpaired) electrons. The predicted molar refractivity (Wildman–Crippen MR) is 141 cm³/mol. The van der Waals surface area contributed by atoms with Gasteiger partial charge in [0.25, 0.3) is 5.69 Å². The van der Waals surface area contributed by atoms with Gasteiger partial charge in [0.2, 0.25) is 17.8 Å². The fraction of sp³-hybridized carbons (Fsp3) is 0.280. The number of rotatable bonds is 7. The van der Waals surface area contributed by atoms with Gasteiger partial charge in [-0.15, -0.1) is 0 Å². The number of anilines is 4. The van der Waals surface area contributed by atoms with Crippen LogP contribution in [0.4, 0.5) is 29.2 Å². The van der Waals surface area contributed by atoms with Gasteiger partial charge in [-0.05, 0) is 38.0 Å². The second kappa shape index (κ2) is 10.4. The first-order valence-electron chi connectivity index (χ1n) is 12.0. The number of hydrogen-bond acceptors (Lipinski definition) is 9. The number of aromatic amines is 1. The fourth-order valence-electron chi connectivity index (χ4n) is 4.30. The SMILES string of the molecule is Cc1[nH]c2ccccc2c1/C=N\Nc1nc(Nc2ccc([N+](=O)[O-])cc2)nc(N2CCCCCC2)n1. The molecule has 0 bridgehead atoms. The van der Waals surface area contributed by atoms with Crippen LogP contribution in [0, 0.1) is 17.0 Å². The Hall–Kier alpha value is -4.54. The van der Waals surface area contributed by atoms with Crippen LogP contribution in [0.5, 0.6) is 0 Å². The Morgan fingerprint density at radius 1 is 1.00 bits per heavy atom. The third-order valence-electron chi connectivity index (χ3n) is 6.15. The number of non-ortho nitro benzene ring substituents is 1. The maximum Gasteiger partial charge on any atom is 0.269 e. The molecule has 11 heteroatoms. The van der Waals surface area contributed by atoms with Gasteiger partial charge in [-0.1, -0.05) is 31.0 Å². The number of aromatic nitrogens is 4. The first-order chi connectivity index (χ1) is 17.6. The number of H-pyrrole nitrogens is 1. The summed E-state index contributed by atoms with van der Waals surface area (Å²) >= 11 is 0. The van der Waals surface area contributed by atoms with Crippen molar-refractivity contribution in [3.05, 3.63) is 69.9 Å². The van der Waals surface area contributed by atoms with Crippen LogP contribution in [0.25, 0.3) is 10.9 Å². The van der Waals surface area contributed by atoms with Crippen LogP contribution in [-0.4, -0.2) is 44.2 Å². The van der Waals surface area contributed by atoms with Gasteiger partial charge in [-0.2, -0.15) is 20.1 Å². The zero-order valence-electron chi connectivity index (χ0n) is 19.9.